The van der Waals surface area contributed by atoms with Crippen molar-refractivity contribution in [3.8, 4) is 5.82 Å². The minimum absolute atomic E-state index is 0.230. The predicted octanol–water partition coefficient (Wildman–Crippen LogP) is 3.55. The average molecular weight is 377 g/mol. The van der Waals surface area contributed by atoms with E-state index in [0.717, 1.165) is 38.2 Å². The Morgan fingerprint density at radius 2 is 1.96 bits per heavy atom. The monoisotopic (exact) mass is 376 g/mol. The summed E-state index contributed by atoms with van der Waals surface area (Å²) < 4.78 is 2.22. The smallest absolute Gasteiger partial charge is 0.243 e. The molecule has 0 N–H and O–H groups in total. The lowest BCUT2D eigenvalue weighted by atomic mass is 9.85. The number of rotatable bonds is 3. The Morgan fingerprint density at radius 1 is 1.07 bits per heavy atom. The molecule has 3 aliphatic heterocycles. The third-order valence-electron chi connectivity index (χ3n) is 7.86. The molecule has 0 unspecified atom stereocenters. The first-order chi connectivity index (χ1) is 13.8. The molecular formula is C23H28N4O. The van der Waals surface area contributed by atoms with Crippen molar-refractivity contribution in [1.82, 2.24) is 19.4 Å². The van der Waals surface area contributed by atoms with E-state index in [9.17, 15) is 4.79 Å². The first kappa shape index (κ1) is 16.8. The van der Waals surface area contributed by atoms with Gasteiger partial charge in [0, 0.05) is 36.6 Å². The maximum absolute atomic E-state index is 13.7. The van der Waals surface area contributed by atoms with Crippen molar-refractivity contribution in [2.45, 2.75) is 62.6 Å². The molecule has 5 heteroatoms. The summed E-state index contributed by atoms with van der Waals surface area (Å²) >= 11 is 0. The van der Waals surface area contributed by atoms with E-state index in [4.69, 9.17) is 0 Å². The summed E-state index contributed by atoms with van der Waals surface area (Å²) in [7, 11) is 0. The van der Waals surface area contributed by atoms with Gasteiger partial charge in [0.1, 0.15) is 11.4 Å². The fourth-order valence-corrected chi connectivity index (χ4v) is 6.71. The maximum atomic E-state index is 13.7. The van der Waals surface area contributed by atoms with Gasteiger partial charge in [-0.3, -0.25) is 9.69 Å². The molecule has 2 aromatic heterocycles. The molecule has 0 aromatic carbocycles. The third kappa shape index (κ3) is 2.17. The van der Waals surface area contributed by atoms with E-state index < -0.39 is 0 Å². The Labute approximate surface area is 166 Å². The molecule has 1 spiro atoms. The van der Waals surface area contributed by atoms with Gasteiger partial charge < -0.3 is 9.47 Å². The van der Waals surface area contributed by atoms with Crippen molar-refractivity contribution < 1.29 is 4.79 Å². The van der Waals surface area contributed by atoms with Gasteiger partial charge in [0.05, 0.1) is 6.04 Å². The van der Waals surface area contributed by atoms with Crippen LogP contribution in [0.1, 0.15) is 56.7 Å². The van der Waals surface area contributed by atoms with Gasteiger partial charge in [-0.05, 0) is 62.9 Å². The van der Waals surface area contributed by atoms with E-state index in [0.29, 0.717) is 23.9 Å². The Morgan fingerprint density at radius 3 is 2.79 bits per heavy atom. The molecule has 3 atom stereocenters. The molecule has 28 heavy (non-hydrogen) atoms. The highest BCUT2D eigenvalue weighted by molar-refractivity contribution is 5.90. The number of amides is 1. The van der Waals surface area contributed by atoms with E-state index in [1.807, 2.05) is 18.3 Å². The van der Waals surface area contributed by atoms with Crippen molar-refractivity contribution >= 4 is 5.91 Å². The van der Waals surface area contributed by atoms with E-state index in [2.05, 4.69) is 43.7 Å². The molecule has 1 saturated carbocycles. The van der Waals surface area contributed by atoms with Gasteiger partial charge in [0.15, 0.2) is 0 Å². The Bertz CT molecular complexity index is 887. The second-order valence-electron chi connectivity index (χ2n) is 9.06. The van der Waals surface area contributed by atoms with Crippen LogP contribution in [-0.4, -0.2) is 49.9 Å². The van der Waals surface area contributed by atoms with Crippen LogP contribution in [-0.2, 0) is 4.79 Å². The van der Waals surface area contributed by atoms with Gasteiger partial charge >= 0.3 is 0 Å². The molecule has 1 amide bonds. The minimum atomic E-state index is -0.230. The Hall–Kier alpha value is -2.14. The average Bonchev–Trinajstić information content (AvgIpc) is 3.52. The van der Waals surface area contributed by atoms with E-state index in [1.165, 1.54) is 31.4 Å². The molecule has 0 radical (unpaired) electrons. The molecule has 2 aromatic rings. The number of pyridine rings is 1. The topological polar surface area (TPSA) is 41.4 Å². The molecular weight excluding hydrogens is 348 g/mol. The number of nitrogens with zero attached hydrogens (tertiary/aromatic N) is 4. The molecule has 4 aliphatic rings. The van der Waals surface area contributed by atoms with E-state index in [1.54, 1.807) is 0 Å². The first-order valence-corrected chi connectivity index (χ1v) is 11.0. The fraction of sp³-hybridized carbons (Fsp3) is 0.565. The van der Waals surface area contributed by atoms with Crippen molar-refractivity contribution in [3.05, 3.63) is 48.4 Å². The van der Waals surface area contributed by atoms with E-state index in [-0.39, 0.29) is 5.54 Å². The minimum Gasteiger partial charge on any atom is -0.338 e. The number of aromatic nitrogens is 2. The van der Waals surface area contributed by atoms with Gasteiger partial charge in [-0.1, -0.05) is 18.9 Å². The predicted molar refractivity (Wildman–Crippen MR) is 107 cm³/mol. The largest absolute Gasteiger partial charge is 0.338 e. The highest BCUT2D eigenvalue weighted by Crippen LogP contribution is 2.56. The van der Waals surface area contributed by atoms with Gasteiger partial charge in [0.2, 0.25) is 5.91 Å². The van der Waals surface area contributed by atoms with Gasteiger partial charge in [0.25, 0.3) is 0 Å². The number of carbonyl (C=O) groups is 1. The van der Waals surface area contributed by atoms with Crippen LogP contribution < -0.4 is 0 Å². The molecule has 0 bridgehead atoms. The van der Waals surface area contributed by atoms with Gasteiger partial charge in [-0.2, -0.15) is 0 Å². The van der Waals surface area contributed by atoms with Crippen LogP contribution in [0.5, 0.6) is 0 Å². The molecule has 3 saturated heterocycles. The van der Waals surface area contributed by atoms with Crippen molar-refractivity contribution in [2.75, 3.05) is 13.1 Å². The summed E-state index contributed by atoms with van der Waals surface area (Å²) in [6.45, 7) is 2.01. The fourth-order valence-electron chi connectivity index (χ4n) is 6.71. The first-order valence-electron chi connectivity index (χ1n) is 11.0. The van der Waals surface area contributed by atoms with Crippen molar-refractivity contribution in [3.63, 3.8) is 0 Å². The zero-order valence-corrected chi connectivity index (χ0v) is 16.3. The maximum Gasteiger partial charge on any atom is 0.243 e. The standard InChI is InChI=1S/C23H28N4O/c28-22-23-11-6-14-27(23)20(15-17(23)16-26(22)18-7-1-2-8-18)19-9-5-13-25(19)21-10-3-4-12-24-21/h3-5,9-10,12-13,17-18,20H,1-2,6-8,11,14-16H2/t17-,20-,23-/m0/s1. The summed E-state index contributed by atoms with van der Waals surface area (Å²) in [5.74, 6) is 1.88. The SMILES string of the molecule is O=C1N(C2CCCC2)C[C@@H]2C[C@@H](c3cccn3-c3ccccn3)N3CCC[C@@]123. The zero-order valence-electron chi connectivity index (χ0n) is 16.3. The van der Waals surface area contributed by atoms with Gasteiger partial charge in [-0.25, -0.2) is 4.98 Å². The highest BCUT2D eigenvalue weighted by Gasteiger charge is 2.66. The normalized spacial score (nSPS) is 33.0. The molecule has 6 rings (SSSR count). The number of hydrogen-bond acceptors (Lipinski definition) is 3. The lowest BCUT2D eigenvalue weighted by Gasteiger charge is -2.35. The van der Waals surface area contributed by atoms with E-state index >= 15 is 0 Å². The summed E-state index contributed by atoms with van der Waals surface area (Å²) in [6.07, 6.45) is 12.2. The van der Waals surface area contributed by atoms with Crippen molar-refractivity contribution in [1.29, 1.82) is 0 Å². The van der Waals surface area contributed by atoms with Crippen LogP contribution >= 0.6 is 0 Å². The van der Waals surface area contributed by atoms with Crippen LogP contribution in [0.3, 0.4) is 0 Å². The summed E-state index contributed by atoms with van der Waals surface area (Å²) in [4.78, 5) is 23.1. The number of hydrogen-bond donors (Lipinski definition) is 0. The molecule has 5 heterocycles. The molecule has 5 nitrogen and oxygen atoms in total. The Balaban J connectivity index is 1.35. The van der Waals surface area contributed by atoms with Crippen LogP contribution in [0, 0.1) is 5.92 Å². The lowest BCUT2D eigenvalue weighted by Crippen LogP contribution is -2.51. The van der Waals surface area contributed by atoms with Crippen LogP contribution in [0.25, 0.3) is 5.82 Å². The van der Waals surface area contributed by atoms with Crippen molar-refractivity contribution in [2.24, 2.45) is 5.92 Å². The molecule has 4 fully saturated rings. The highest BCUT2D eigenvalue weighted by atomic mass is 16.2. The van der Waals surface area contributed by atoms with Crippen LogP contribution in [0.2, 0.25) is 0 Å². The van der Waals surface area contributed by atoms with Gasteiger partial charge in [-0.15, -0.1) is 0 Å². The number of likely N-dealkylation sites (tertiary alicyclic amines) is 1. The lowest BCUT2D eigenvalue weighted by molar-refractivity contribution is -0.138. The molecule has 146 valence electrons. The summed E-state index contributed by atoms with van der Waals surface area (Å²) in [6, 6.07) is 11.2. The van der Waals surface area contributed by atoms with Crippen LogP contribution in [0.4, 0.5) is 0 Å². The summed E-state index contributed by atoms with van der Waals surface area (Å²) in [5, 5.41) is 0. The number of carbonyl (C=O) groups excluding carboxylic acids is 1. The second-order valence-corrected chi connectivity index (χ2v) is 9.06. The Kier molecular flexibility index (Phi) is 3.70. The zero-order chi connectivity index (χ0) is 18.7. The third-order valence-corrected chi connectivity index (χ3v) is 7.86. The summed E-state index contributed by atoms with van der Waals surface area (Å²) in [5.41, 5.74) is 1.06. The second kappa shape index (κ2) is 6.18. The van der Waals surface area contributed by atoms with Crippen LogP contribution in [0.15, 0.2) is 42.7 Å². The quantitative estimate of drug-likeness (QED) is 0.823. The molecule has 1 aliphatic carbocycles.